The standard InChI is InChI=1S/C18H23FN2O2/c1-4-6-9-21(5-2)18-14(11-17(22)23)12(3)20-16-8-7-13(19)10-15(16)18/h7-8,10H,4-6,9,11H2,1-3H3,(H,22,23). The molecule has 0 aliphatic rings. The average Bonchev–Trinajstić information content (AvgIpc) is 2.50. The highest BCUT2D eigenvalue weighted by molar-refractivity contribution is 5.95. The third-order valence-corrected chi connectivity index (χ3v) is 4.03. The van der Waals surface area contributed by atoms with Crippen LogP contribution in [-0.2, 0) is 11.2 Å². The molecule has 0 unspecified atom stereocenters. The van der Waals surface area contributed by atoms with Crippen molar-refractivity contribution in [3.05, 3.63) is 35.3 Å². The van der Waals surface area contributed by atoms with Crippen LogP contribution in [0.15, 0.2) is 18.2 Å². The second-order valence-corrected chi connectivity index (χ2v) is 5.69. The Morgan fingerprint density at radius 2 is 2.09 bits per heavy atom. The van der Waals surface area contributed by atoms with Crippen molar-refractivity contribution in [1.29, 1.82) is 0 Å². The predicted molar refractivity (Wildman–Crippen MR) is 90.6 cm³/mol. The summed E-state index contributed by atoms with van der Waals surface area (Å²) in [6, 6.07) is 4.49. The normalized spacial score (nSPS) is 11.0. The molecular weight excluding hydrogens is 295 g/mol. The van der Waals surface area contributed by atoms with Gasteiger partial charge in [-0.1, -0.05) is 13.3 Å². The molecule has 0 aliphatic carbocycles. The molecule has 1 aromatic heterocycles. The second kappa shape index (κ2) is 7.40. The molecule has 0 atom stereocenters. The molecule has 23 heavy (non-hydrogen) atoms. The summed E-state index contributed by atoms with van der Waals surface area (Å²) in [4.78, 5) is 17.9. The maximum atomic E-state index is 13.8. The summed E-state index contributed by atoms with van der Waals surface area (Å²) < 4.78 is 13.8. The topological polar surface area (TPSA) is 53.4 Å². The van der Waals surface area contributed by atoms with Crippen molar-refractivity contribution >= 4 is 22.6 Å². The van der Waals surface area contributed by atoms with Crippen LogP contribution in [-0.4, -0.2) is 29.1 Å². The number of rotatable bonds is 7. The number of halogens is 1. The molecule has 2 aromatic rings. The molecular formula is C18H23FN2O2. The molecule has 5 heteroatoms. The van der Waals surface area contributed by atoms with E-state index in [0.717, 1.165) is 31.6 Å². The van der Waals surface area contributed by atoms with Crippen molar-refractivity contribution in [2.75, 3.05) is 18.0 Å². The zero-order valence-electron chi connectivity index (χ0n) is 13.9. The number of hydrogen-bond donors (Lipinski definition) is 1. The number of nitrogens with zero attached hydrogens (tertiary/aromatic N) is 2. The zero-order chi connectivity index (χ0) is 17.0. The Hall–Kier alpha value is -2.17. The first-order valence-corrected chi connectivity index (χ1v) is 8.03. The number of unbranched alkanes of at least 4 members (excludes halogenated alkanes) is 1. The summed E-state index contributed by atoms with van der Waals surface area (Å²) in [6.45, 7) is 7.51. The van der Waals surface area contributed by atoms with Gasteiger partial charge < -0.3 is 10.0 Å². The van der Waals surface area contributed by atoms with Gasteiger partial charge in [-0.2, -0.15) is 0 Å². The number of pyridine rings is 1. The first kappa shape index (κ1) is 17.2. The molecule has 0 amide bonds. The van der Waals surface area contributed by atoms with Crippen LogP contribution >= 0.6 is 0 Å². The molecule has 1 heterocycles. The van der Waals surface area contributed by atoms with Gasteiger partial charge in [-0.15, -0.1) is 0 Å². The number of fused-ring (bicyclic) bond motifs is 1. The van der Waals surface area contributed by atoms with Gasteiger partial charge >= 0.3 is 5.97 Å². The van der Waals surface area contributed by atoms with Gasteiger partial charge in [0.1, 0.15) is 5.82 Å². The number of carboxylic acid groups (broad SMARTS) is 1. The number of aliphatic carboxylic acids is 1. The van der Waals surface area contributed by atoms with Gasteiger partial charge in [-0.05, 0) is 38.5 Å². The SMILES string of the molecule is CCCCN(CC)c1c(CC(=O)O)c(C)nc2ccc(F)cc12. The van der Waals surface area contributed by atoms with E-state index >= 15 is 0 Å². The summed E-state index contributed by atoms with van der Waals surface area (Å²) in [5, 5.41) is 9.94. The minimum absolute atomic E-state index is 0.108. The highest BCUT2D eigenvalue weighted by atomic mass is 19.1. The summed E-state index contributed by atoms with van der Waals surface area (Å²) in [5.74, 6) is -1.24. The maximum Gasteiger partial charge on any atom is 0.307 e. The highest BCUT2D eigenvalue weighted by Crippen LogP contribution is 2.33. The summed E-state index contributed by atoms with van der Waals surface area (Å²) in [6.07, 6.45) is 1.93. The van der Waals surface area contributed by atoms with Crippen LogP contribution in [0.2, 0.25) is 0 Å². The fraction of sp³-hybridized carbons (Fsp3) is 0.444. The van der Waals surface area contributed by atoms with Crippen LogP contribution in [0.1, 0.15) is 37.9 Å². The number of carbonyl (C=O) groups is 1. The number of aromatic nitrogens is 1. The van der Waals surface area contributed by atoms with Crippen molar-refractivity contribution in [1.82, 2.24) is 4.98 Å². The average molecular weight is 318 g/mol. The van der Waals surface area contributed by atoms with Crippen LogP contribution in [0, 0.1) is 12.7 Å². The van der Waals surface area contributed by atoms with Crippen LogP contribution in [0.3, 0.4) is 0 Å². The molecule has 4 nitrogen and oxygen atoms in total. The van der Waals surface area contributed by atoms with Crippen LogP contribution in [0.5, 0.6) is 0 Å². The van der Waals surface area contributed by atoms with Crippen molar-refractivity contribution < 1.29 is 14.3 Å². The quantitative estimate of drug-likeness (QED) is 0.840. The summed E-state index contributed by atoms with van der Waals surface area (Å²) >= 11 is 0. The molecule has 0 fully saturated rings. The van der Waals surface area contributed by atoms with Crippen LogP contribution in [0.25, 0.3) is 10.9 Å². The molecule has 0 radical (unpaired) electrons. The van der Waals surface area contributed by atoms with E-state index in [9.17, 15) is 14.3 Å². The highest BCUT2D eigenvalue weighted by Gasteiger charge is 2.19. The monoisotopic (exact) mass is 318 g/mol. The minimum atomic E-state index is -0.904. The summed E-state index contributed by atoms with van der Waals surface area (Å²) in [7, 11) is 0. The zero-order valence-corrected chi connectivity index (χ0v) is 13.9. The Morgan fingerprint density at radius 1 is 1.35 bits per heavy atom. The Morgan fingerprint density at radius 3 is 2.70 bits per heavy atom. The van der Waals surface area contributed by atoms with E-state index < -0.39 is 5.97 Å². The van der Waals surface area contributed by atoms with E-state index in [-0.39, 0.29) is 12.2 Å². The smallest absolute Gasteiger partial charge is 0.307 e. The van der Waals surface area contributed by atoms with Gasteiger partial charge in [0, 0.05) is 29.7 Å². The molecule has 1 N–H and O–H groups in total. The molecule has 0 bridgehead atoms. The molecule has 0 saturated carbocycles. The second-order valence-electron chi connectivity index (χ2n) is 5.69. The lowest BCUT2D eigenvalue weighted by Gasteiger charge is -2.28. The van der Waals surface area contributed by atoms with Gasteiger partial charge in [-0.3, -0.25) is 9.78 Å². The Balaban J connectivity index is 2.72. The number of benzene rings is 1. The van der Waals surface area contributed by atoms with E-state index in [1.54, 1.807) is 6.07 Å². The van der Waals surface area contributed by atoms with Crippen molar-refractivity contribution in [3.63, 3.8) is 0 Å². The lowest BCUT2D eigenvalue weighted by molar-refractivity contribution is -0.136. The Kier molecular flexibility index (Phi) is 5.53. The molecule has 0 spiro atoms. The first-order valence-electron chi connectivity index (χ1n) is 8.03. The third kappa shape index (κ3) is 3.78. The van der Waals surface area contributed by atoms with E-state index in [0.29, 0.717) is 22.2 Å². The van der Waals surface area contributed by atoms with Crippen molar-refractivity contribution in [2.45, 2.75) is 40.0 Å². The lowest BCUT2D eigenvalue weighted by atomic mass is 10.0. The van der Waals surface area contributed by atoms with Crippen molar-refractivity contribution in [3.8, 4) is 0 Å². The van der Waals surface area contributed by atoms with Gasteiger partial charge in [0.15, 0.2) is 0 Å². The fourth-order valence-electron chi connectivity index (χ4n) is 2.88. The molecule has 2 rings (SSSR count). The Bertz CT molecular complexity index is 716. The third-order valence-electron chi connectivity index (χ3n) is 4.03. The van der Waals surface area contributed by atoms with Crippen LogP contribution in [0.4, 0.5) is 10.1 Å². The van der Waals surface area contributed by atoms with Crippen LogP contribution < -0.4 is 4.90 Å². The predicted octanol–water partition coefficient (Wildman–Crippen LogP) is 3.94. The largest absolute Gasteiger partial charge is 0.481 e. The first-order chi connectivity index (χ1) is 11.0. The number of hydrogen-bond acceptors (Lipinski definition) is 3. The maximum absolute atomic E-state index is 13.8. The number of carboxylic acids is 1. The van der Waals surface area contributed by atoms with E-state index in [2.05, 4.69) is 16.8 Å². The molecule has 0 saturated heterocycles. The number of anilines is 1. The van der Waals surface area contributed by atoms with E-state index in [4.69, 9.17) is 0 Å². The van der Waals surface area contributed by atoms with Gasteiger partial charge in [-0.25, -0.2) is 4.39 Å². The van der Waals surface area contributed by atoms with E-state index in [1.165, 1.54) is 12.1 Å². The Labute approximate surface area is 135 Å². The minimum Gasteiger partial charge on any atom is -0.481 e. The summed E-state index contributed by atoms with van der Waals surface area (Å²) in [5.41, 5.74) is 2.87. The number of aryl methyl sites for hydroxylation is 1. The molecule has 1 aromatic carbocycles. The van der Waals surface area contributed by atoms with E-state index in [1.807, 2.05) is 13.8 Å². The van der Waals surface area contributed by atoms with Crippen molar-refractivity contribution in [2.24, 2.45) is 0 Å². The molecule has 0 aliphatic heterocycles. The fourth-order valence-corrected chi connectivity index (χ4v) is 2.88. The van der Waals surface area contributed by atoms with Gasteiger partial charge in [0.25, 0.3) is 0 Å². The van der Waals surface area contributed by atoms with Gasteiger partial charge in [0.05, 0.1) is 17.6 Å². The van der Waals surface area contributed by atoms with Gasteiger partial charge in [0.2, 0.25) is 0 Å². The lowest BCUT2D eigenvalue weighted by Crippen LogP contribution is -2.26. The molecule has 124 valence electrons.